The second kappa shape index (κ2) is 22.2. The van der Waals surface area contributed by atoms with Crippen LogP contribution in [0.1, 0.15) is 0 Å². The van der Waals surface area contributed by atoms with E-state index in [1.54, 1.807) is 0 Å². The third kappa shape index (κ3) is 9.22. The molecule has 4 heterocycles. The van der Waals surface area contributed by atoms with Gasteiger partial charge < -0.3 is 9.13 Å². The van der Waals surface area contributed by atoms with Crippen molar-refractivity contribution in [2.75, 3.05) is 0 Å². The minimum absolute atomic E-state index is 0.499. The molecular formula is C87H56N6. The molecule has 14 aromatic carbocycles. The first-order valence-corrected chi connectivity index (χ1v) is 31.7. The predicted octanol–water partition coefficient (Wildman–Crippen LogP) is 22.5. The highest BCUT2D eigenvalue weighted by Gasteiger charge is 2.25. The summed E-state index contributed by atoms with van der Waals surface area (Å²) in [6, 6.07) is 122. The first-order chi connectivity index (χ1) is 46.1. The van der Waals surface area contributed by atoms with Crippen molar-refractivity contribution >= 4 is 65.4 Å². The van der Waals surface area contributed by atoms with Gasteiger partial charge in [0.05, 0.1) is 44.5 Å². The average Bonchev–Trinajstić information content (AvgIpc) is 1.61. The van der Waals surface area contributed by atoms with Gasteiger partial charge in [-0.15, -0.1) is 0 Å². The number of fused-ring (bicyclic) bond motifs is 9. The summed E-state index contributed by atoms with van der Waals surface area (Å²) in [5.41, 5.74) is 23.6. The molecule has 0 spiro atoms. The Balaban J connectivity index is 0.917. The third-order valence-electron chi connectivity index (χ3n) is 18.5. The maximum atomic E-state index is 5.76. The van der Waals surface area contributed by atoms with Crippen molar-refractivity contribution in [1.29, 1.82) is 0 Å². The second-order valence-electron chi connectivity index (χ2n) is 23.9. The molecule has 4 aromatic heterocycles. The number of aromatic nitrogens is 6. The van der Waals surface area contributed by atoms with Crippen LogP contribution >= 0.6 is 0 Å². The van der Waals surface area contributed by atoms with E-state index < -0.39 is 0 Å². The molecule has 93 heavy (non-hydrogen) atoms. The Morgan fingerprint density at radius 1 is 0.172 bits per heavy atom. The van der Waals surface area contributed by atoms with Crippen molar-refractivity contribution in [2.24, 2.45) is 0 Å². The smallest absolute Gasteiger partial charge is 0.238 e. The molecule has 6 nitrogen and oxygen atoms in total. The fourth-order valence-corrected chi connectivity index (χ4v) is 14.2. The number of benzene rings is 14. The molecule has 0 radical (unpaired) electrons. The summed E-state index contributed by atoms with van der Waals surface area (Å²) in [4.78, 5) is 17.2. The zero-order valence-corrected chi connectivity index (χ0v) is 50.5. The number of nitrogens with zero attached hydrogens (tertiary/aromatic N) is 6. The van der Waals surface area contributed by atoms with E-state index in [-0.39, 0.29) is 0 Å². The van der Waals surface area contributed by atoms with Crippen molar-refractivity contribution in [2.45, 2.75) is 0 Å². The minimum atomic E-state index is 0.499. The second-order valence-corrected chi connectivity index (χ2v) is 23.9. The topological polar surface area (TPSA) is 53.5 Å². The molecule has 0 fully saturated rings. The van der Waals surface area contributed by atoms with Crippen LogP contribution in [0.5, 0.6) is 0 Å². The van der Waals surface area contributed by atoms with Crippen LogP contribution in [0, 0.1) is 0 Å². The summed E-state index contributed by atoms with van der Waals surface area (Å²) in [5.74, 6) is 1.59. The van der Waals surface area contributed by atoms with E-state index in [0.29, 0.717) is 17.6 Å². The first kappa shape index (κ1) is 53.5. The van der Waals surface area contributed by atoms with E-state index in [1.807, 2.05) is 0 Å². The Bertz CT molecular complexity index is 5340. The van der Waals surface area contributed by atoms with Crippen LogP contribution in [0.3, 0.4) is 0 Å². The molecule has 0 saturated carbocycles. The Morgan fingerprint density at radius 2 is 0.441 bits per heavy atom. The molecule has 0 unspecified atom stereocenters. The van der Waals surface area contributed by atoms with Gasteiger partial charge >= 0.3 is 0 Å². The van der Waals surface area contributed by atoms with E-state index in [9.17, 15) is 0 Å². The molecule has 18 rings (SSSR count). The van der Waals surface area contributed by atoms with Gasteiger partial charge in [-0.25, -0.2) is 4.98 Å². The van der Waals surface area contributed by atoms with E-state index in [0.717, 1.165) is 133 Å². The lowest BCUT2D eigenvalue weighted by Gasteiger charge is -2.17. The summed E-state index contributed by atoms with van der Waals surface area (Å²) in [6.07, 6.45) is 0. The maximum absolute atomic E-state index is 5.76. The van der Waals surface area contributed by atoms with Gasteiger partial charge in [-0.1, -0.05) is 231 Å². The summed E-state index contributed by atoms with van der Waals surface area (Å²) >= 11 is 0. The molecule has 0 aliphatic rings. The first-order valence-electron chi connectivity index (χ1n) is 31.7. The van der Waals surface area contributed by atoms with Crippen molar-refractivity contribution in [3.8, 4) is 107 Å². The Hall–Kier alpha value is -12.5. The Labute approximate surface area is 537 Å². The average molecular weight is 1190 g/mol. The van der Waals surface area contributed by atoms with Crippen molar-refractivity contribution in [1.82, 2.24) is 28.7 Å². The van der Waals surface area contributed by atoms with Gasteiger partial charge in [0.1, 0.15) is 0 Å². The molecule has 434 valence electrons. The predicted molar refractivity (Wildman–Crippen MR) is 386 cm³/mol. The maximum Gasteiger partial charge on any atom is 0.238 e. The largest absolute Gasteiger partial charge is 0.309 e. The lowest BCUT2D eigenvalue weighted by atomic mass is 9.92. The Morgan fingerprint density at radius 3 is 0.774 bits per heavy atom. The summed E-state index contributed by atoms with van der Waals surface area (Å²) in [7, 11) is 0. The van der Waals surface area contributed by atoms with Gasteiger partial charge in [0.15, 0.2) is 11.6 Å². The molecule has 0 atom stereocenters. The van der Waals surface area contributed by atoms with Crippen LogP contribution in [-0.4, -0.2) is 28.7 Å². The van der Waals surface area contributed by atoms with E-state index in [4.69, 9.17) is 15.0 Å². The molecule has 18 aromatic rings. The van der Waals surface area contributed by atoms with Crippen LogP contribution in [0.4, 0.5) is 0 Å². The SMILES string of the molecule is c1ccc(-c2cc(-c3ccccc3)cc(-c3ccc4c(c3)c3cc(-c5cc(-c6ccccc6)cc(-c6ccccc6)c5)ccc3n4-c3nc(-c4ccccc4-n4c5ccccc5c5ccccc54)nc(-c4ccccc4-n4c5ccccc5c5ccccc54)n3)c2)cc1. The minimum Gasteiger partial charge on any atom is -0.309 e. The van der Waals surface area contributed by atoms with Gasteiger partial charge in [-0.3, -0.25) is 4.57 Å². The number of hydrogen-bond donors (Lipinski definition) is 0. The van der Waals surface area contributed by atoms with Crippen molar-refractivity contribution in [3.05, 3.63) is 340 Å². The van der Waals surface area contributed by atoms with Crippen LogP contribution in [0.2, 0.25) is 0 Å². The molecule has 0 aliphatic heterocycles. The molecule has 0 bridgehead atoms. The van der Waals surface area contributed by atoms with Gasteiger partial charge in [-0.05, 0) is 176 Å². The lowest BCUT2D eigenvalue weighted by Crippen LogP contribution is -2.09. The molecule has 0 amide bonds. The monoisotopic (exact) mass is 1180 g/mol. The van der Waals surface area contributed by atoms with Crippen LogP contribution in [-0.2, 0) is 0 Å². The fourth-order valence-electron chi connectivity index (χ4n) is 14.2. The standard InChI is InChI=1S/C87H56N6/c1-5-25-57(26-6-1)63-49-64(58-27-7-2-8-28-58)52-67(51-63)61-45-47-83-75(55-61)76-56-62(68-53-65(59-29-9-3-10-30-59)50-66(54-68)60-31-11-4-12-32-60)46-48-84(76)93(83)87-89-85(73-37-17-23-43-81(73)91-77-39-19-13-33-69(77)70-34-14-20-40-78(70)91)88-86(90-87)74-38-18-24-44-82(74)92-79-41-21-15-35-71(79)72-36-16-22-42-80(72)92/h1-56H. The quantitative estimate of drug-likeness (QED) is 0.130. The van der Waals surface area contributed by atoms with Crippen molar-refractivity contribution in [3.63, 3.8) is 0 Å². The van der Waals surface area contributed by atoms with Gasteiger partial charge in [0.2, 0.25) is 5.95 Å². The Kier molecular flexibility index (Phi) is 12.8. The van der Waals surface area contributed by atoms with E-state index in [1.165, 1.54) is 21.5 Å². The molecule has 0 N–H and O–H groups in total. The third-order valence-corrected chi connectivity index (χ3v) is 18.5. The van der Waals surface area contributed by atoms with Crippen LogP contribution in [0.15, 0.2) is 340 Å². The molecule has 6 heteroatoms. The van der Waals surface area contributed by atoms with E-state index in [2.05, 4.69) is 353 Å². The summed E-state index contributed by atoms with van der Waals surface area (Å²) in [5, 5.41) is 6.84. The fraction of sp³-hybridized carbons (Fsp3) is 0. The summed E-state index contributed by atoms with van der Waals surface area (Å²) in [6.45, 7) is 0. The zero-order chi connectivity index (χ0) is 61.3. The van der Waals surface area contributed by atoms with Crippen LogP contribution < -0.4 is 0 Å². The van der Waals surface area contributed by atoms with Gasteiger partial charge in [0, 0.05) is 43.4 Å². The lowest BCUT2D eigenvalue weighted by molar-refractivity contribution is 0.950. The molecular weight excluding hydrogens is 1130 g/mol. The number of hydrogen-bond acceptors (Lipinski definition) is 3. The normalized spacial score (nSPS) is 11.7. The summed E-state index contributed by atoms with van der Waals surface area (Å²) < 4.78 is 7.00. The highest BCUT2D eigenvalue weighted by atomic mass is 15.2. The highest BCUT2D eigenvalue weighted by molar-refractivity contribution is 6.13. The molecule has 0 aliphatic carbocycles. The zero-order valence-electron chi connectivity index (χ0n) is 50.5. The van der Waals surface area contributed by atoms with Gasteiger partial charge in [0.25, 0.3) is 0 Å². The molecule has 0 saturated heterocycles. The number of para-hydroxylation sites is 6. The highest BCUT2D eigenvalue weighted by Crippen LogP contribution is 2.43. The number of rotatable bonds is 11. The van der Waals surface area contributed by atoms with Gasteiger partial charge in [-0.2, -0.15) is 9.97 Å². The van der Waals surface area contributed by atoms with Crippen LogP contribution in [0.25, 0.3) is 172 Å². The van der Waals surface area contributed by atoms with E-state index >= 15 is 0 Å². The van der Waals surface area contributed by atoms with Crippen molar-refractivity contribution < 1.29 is 0 Å².